The molecule has 0 unspecified atom stereocenters. The number of nitrogens with zero attached hydrogens (tertiary/aromatic N) is 1. The smallest absolute Gasteiger partial charge is 0.242 e. The Hall–Kier alpha value is -3.03. The van der Waals surface area contributed by atoms with E-state index < -0.39 is 10.0 Å². The molecule has 0 spiro atoms. The zero-order valence-corrected chi connectivity index (χ0v) is 20.2. The minimum absolute atomic E-state index is 0.0675. The van der Waals surface area contributed by atoms with Gasteiger partial charge in [0, 0.05) is 56.8 Å². The van der Waals surface area contributed by atoms with Gasteiger partial charge < -0.3 is 4.74 Å². The van der Waals surface area contributed by atoms with Gasteiger partial charge in [-0.25, -0.2) is 12.7 Å². The van der Waals surface area contributed by atoms with Crippen molar-refractivity contribution in [3.05, 3.63) is 76.8 Å². The maximum Gasteiger partial charge on any atom is 0.242 e. The highest BCUT2D eigenvalue weighted by atomic mass is 32.2. The lowest BCUT2D eigenvalue weighted by Gasteiger charge is -2.36. The third kappa shape index (κ3) is 3.83. The Labute approximate surface area is 200 Å². The second kappa shape index (κ2) is 8.64. The summed E-state index contributed by atoms with van der Waals surface area (Å²) in [6.45, 7) is 0. The molecule has 0 atom stereocenters. The topological polar surface area (TPSA) is 80.8 Å². The lowest BCUT2D eigenvalue weighted by molar-refractivity contribution is -0.117. The summed E-state index contributed by atoms with van der Waals surface area (Å²) < 4.78 is 32.0. The van der Waals surface area contributed by atoms with E-state index in [-0.39, 0.29) is 22.4 Å². The summed E-state index contributed by atoms with van der Waals surface area (Å²) in [5, 5.41) is 0. The quantitative estimate of drug-likeness (QED) is 0.636. The van der Waals surface area contributed by atoms with Crippen molar-refractivity contribution < 1.29 is 22.7 Å². The summed E-state index contributed by atoms with van der Waals surface area (Å²) in [5.74, 6) is 1.23. The van der Waals surface area contributed by atoms with Gasteiger partial charge in [-0.05, 0) is 41.7 Å². The molecule has 176 valence electrons. The molecule has 1 aliphatic heterocycles. The van der Waals surface area contributed by atoms with E-state index in [2.05, 4.69) is 0 Å². The first-order chi connectivity index (χ1) is 16.3. The first-order valence-electron chi connectivity index (χ1n) is 11.6. The first-order valence-corrected chi connectivity index (χ1v) is 13.0. The van der Waals surface area contributed by atoms with Crippen molar-refractivity contribution in [1.82, 2.24) is 4.31 Å². The predicted octanol–water partition coefficient (Wildman–Crippen LogP) is 4.73. The van der Waals surface area contributed by atoms with Gasteiger partial charge >= 0.3 is 0 Å². The maximum atomic E-state index is 12.9. The van der Waals surface area contributed by atoms with E-state index in [0.29, 0.717) is 24.0 Å². The average molecular weight is 478 g/mol. The molecule has 0 fully saturated rings. The molecule has 1 heterocycles. The van der Waals surface area contributed by atoms with Crippen molar-refractivity contribution in [2.45, 2.75) is 49.3 Å². The van der Waals surface area contributed by atoms with Crippen LogP contribution >= 0.6 is 0 Å². The molecular formula is C27H27NO5S. The Morgan fingerprint density at radius 2 is 1.21 bits per heavy atom. The summed E-state index contributed by atoms with van der Waals surface area (Å²) in [6.07, 6.45) is 3.97. The van der Waals surface area contributed by atoms with Gasteiger partial charge in [0.05, 0.1) is 4.90 Å². The van der Waals surface area contributed by atoms with Gasteiger partial charge in [-0.1, -0.05) is 36.4 Å². The molecule has 2 aromatic rings. The third-order valence-electron chi connectivity index (χ3n) is 6.85. The van der Waals surface area contributed by atoms with E-state index in [9.17, 15) is 18.0 Å². The second-order valence-electron chi connectivity index (χ2n) is 9.20. The van der Waals surface area contributed by atoms with Crippen LogP contribution in [-0.4, -0.2) is 38.4 Å². The molecule has 5 rings (SSSR count). The van der Waals surface area contributed by atoms with Crippen LogP contribution in [0.1, 0.15) is 50.0 Å². The van der Waals surface area contributed by atoms with Gasteiger partial charge in [-0.15, -0.1) is 0 Å². The van der Waals surface area contributed by atoms with Gasteiger partial charge in [0.1, 0.15) is 11.5 Å². The van der Waals surface area contributed by atoms with Crippen LogP contribution in [0.15, 0.2) is 76.1 Å². The fraction of sp³-hybridized carbons (Fsp3) is 0.333. The number of hydrogen-bond acceptors (Lipinski definition) is 5. The Balaban J connectivity index is 1.51. The summed E-state index contributed by atoms with van der Waals surface area (Å²) >= 11 is 0. The second-order valence-corrected chi connectivity index (χ2v) is 11.3. The van der Waals surface area contributed by atoms with E-state index in [1.165, 1.54) is 18.4 Å². The minimum atomic E-state index is -3.48. The highest BCUT2D eigenvalue weighted by molar-refractivity contribution is 7.89. The average Bonchev–Trinajstić information content (AvgIpc) is 2.83. The molecule has 0 saturated heterocycles. The number of benzene rings is 2. The summed E-state index contributed by atoms with van der Waals surface area (Å²) in [4.78, 5) is 26.1. The molecule has 0 aromatic heterocycles. The summed E-state index contributed by atoms with van der Waals surface area (Å²) in [7, 11) is -0.467. The largest absolute Gasteiger partial charge is 0.465 e. The first kappa shape index (κ1) is 22.7. The van der Waals surface area contributed by atoms with Gasteiger partial charge in [-0.3, -0.25) is 9.59 Å². The van der Waals surface area contributed by atoms with Crippen molar-refractivity contribution in [3.63, 3.8) is 0 Å². The minimum Gasteiger partial charge on any atom is -0.465 e. The molecule has 0 bridgehead atoms. The molecule has 2 aliphatic carbocycles. The van der Waals surface area contributed by atoms with Crippen LogP contribution in [0.4, 0.5) is 0 Å². The van der Waals surface area contributed by atoms with Crippen LogP contribution in [-0.2, 0) is 24.3 Å². The van der Waals surface area contributed by atoms with Crippen LogP contribution < -0.4 is 0 Å². The number of ketones is 2. The number of hydrogen-bond donors (Lipinski definition) is 0. The van der Waals surface area contributed by atoms with Gasteiger partial charge in [-0.2, -0.15) is 0 Å². The monoisotopic (exact) mass is 477 g/mol. The van der Waals surface area contributed by atoms with Crippen LogP contribution in [0.2, 0.25) is 0 Å². The highest BCUT2D eigenvalue weighted by Crippen LogP contribution is 2.47. The Bertz CT molecular complexity index is 1290. The van der Waals surface area contributed by atoms with Gasteiger partial charge in [0.25, 0.3) is 0 Å². The lowest BCUT2D eigenvalue weighted by atomic mass is 9.73. The third-order valence-corrected chi connectivity index (χ3v) is 8.68. The number of rotatable bonds is 4. The number of ether oxygens (including phenoxy) is 1. The van der Waals surface area contributed by atoms with E-state index in [1.807, 2.05) is 24.3 Å². The normalized spacial score (nSPS) is 19.3. The van der Waals surface area contributed by atoms with Crippen molar-refractivity contribution in [2.75, 3.05) is 14.1 Å². The molecule has 0 N–H and O–H groups in total. The highest BCUT2D eigenvalue weighted by Gasteiger charge is 2.41. The molecule has 2 aromatic carbocycles. The molecule has 0 radical (unpaired) electrons. The molecular weight excluding hydrogens is 450 g/mol. The Kier molecular flexibility index (Phi) is 5.78. The Morgan fingerprint density at radius 1 is 0.735 bits per heavy atom. The zero-order valence-electron chi connectivity index (χ0n) is 19.3. The molecule has 0 saturated carbocycles. The maximum absolute atomic E-state index is 12.9. The van der Waals surface area contributed by atoms with Crippen molar-refractivity contribution in [2.24, 2.45) is 0 Å². The molecule has 0 amide bonds. The van der Waals surface area contributed by atoms with Crippen LogP contribution in [0, 0.1) is 0 Å². The molecule has 6 nitrogen and oxygen atoms in total. The number of Topliss-reactive ketones (excluding diaryl/α,β-unsaturated/α-hetero) is 2. The van der Waals surface area contributed by atoms with E-state index in [1.54, 1.807) is 24.3 Å². The fourth-order valence-electron chi connectivity index (χ4n) is 5.05. The van der Waals surface area contributed by atoms with Crippen LogP contribution in [0.5, 0.6) is 0 Å². The van der Waals surface area contributed by atoms with E-state index >= 15 is 0 Å². The van der Waals surface area contributed by atoms with Gasteiger partial charge in [0.15, 0.2) is 11.6 Å². The summed E-state index contributed by atoms with van der Waals surface area (Å²) in [5.41, 5.74) is 4.01. The molecule has 7 heteroatoms. The zero-order chi connectivity index (χ0) is 24.0. The number of allylic oxidation sites excluding steroid dienone is 4. The van der Waals surface area contributed by atoms with E-state index in [4.69, 9.17) is 4.74 Å². The predicted molar refractivity (Wildman–Crippen MR) is 128 cm³/mol. The Morgan fingerprint density at radius 3 is 1.68 bits per heavy atom. The number of carbonyl (C=O) groups is 2. The van der Waals surface area contributed by atoms with Crippen LogP contribution in [0.25, 0.3) is 11.1 Å². The SMILES string of the molecule is CN(C)S(=O)(=O)c1ccc(-c2ccc(C3C4=C(CCCC4=O)OC4=C3C(=O)CCC4)cc2)cc1. The number of carbonyl (C=O) groups excluding carboxylic acids is 2. The standard InChI is InChI=1S/C27H27NO5S/c1-28(2)34(31,32)20-15-13-18(14-16-20)17-9-11-19(12-10-17)25-26-21(29)5-3-7-23(26)33-24-8-4-6-22(30)27(24)25/h9-16,25H,3-8H2,1-2H3. The summed E-state index contributed by atoms with van der Waals surface area (Å²) in [6, 6.07) is 14.6. The van der Waals surface area contributed by atoms with Crippen LogP contribution in [0.3, 0.4) is 0 Å². The van der Waals surface area contributed by atoms with E-state index in [0.717, 1.165) is 53.9 Å². The number of sulfonamides is 1. The van der Waals surface area contributed by atoms with Crippen molar-refractivity contribution in [3.8, 4) is 11.1 Å². The fourth-order valence-corrected chi connectivity index (χ4v) is 5.95. The molecule has 3 aliphatic rings. The van der Waals surface area contributed by atoms with Crippen molar-refractivity contribution in [1.29, 1.82) is 0 Å². The van der Waals surface area contributed by atoms with Gasteiger partial charge in [0.2, 0.25) is 10.0 Å². The van der Waals surface area contributed by atoms with Crippen molar-refractivity contribution >= 4 is 21.6 Å². The lowest BCUT2D eigenvalue weighted by Crippen LogP contribution is -2.30. The molecule has 34 heavy (non-hydrogen) atoms.